The lowest BCUT2D eigenvalue weighted by Crippen LogP contribution is -2.36. The predicted octanol–water partition coefficient (Wildman–Crippen LogP) is 1.87. The van der Waals surface area contributed by atoms with Crippen LogP contribution in [0.2, 0.25) is 0 Å². The third kappa shape index (κ3) is 2.06. The van der Waals surface area contributed by atoms with Gasteiger partial charge in [0.05, 0.1) is 6.61 Å². The summed E-state index contributed by atoms with van der Waals surface area (Å²) in [6, 6.07) is 6.40. The Hall–Kier alpha value is -1.62. The molecule has 5 nitrogen and oxygen atoms in total. The molecule has 3 rings (SSSR count). The molecule has 0 radical (unpaired) electrons. The zero-order valence-electron chi connectivity index (χ0n) is 10.8. The van der Waals surface area contributed by atoms with Crippen molar-refractivity contribution in [3.8, 4) is 0 Å². The molecule has 1 aliphatic heterocycles. The van der Waals surface area contributed by atoms with Gasteiger partial charge in [0.1, 0.15) is 0 Å². The van der Waals surface area contributed by atoms with Crippen LogP contribution in [-0.2, 0) is 4.74 Å². The molecular formula is C13H18N4O. The van der Waals surface area contributed by atoms with Gasteiger partial charge in [0.2, 0.25) is 5.95 Å². The van der Waals surface area contributed by atoms with Crippen LogP contribution in [0.5, 0.6) is 0 Å². The van der Waals surface area contributed by atoms with E-state index in [-0.39, 0.29) is 0 Å². The molecule has 5 heteroatoms. The Bertz CT molecular complexity index is 551. The molecule has 1 saturated heterocycles. The second-order valence-corrected chi connectivity index (χ2v) is 4.96. The van der Waals surface area contributed by atoms with E-state index in [9.17, 15) is 0 Å². The number of fused-ring (bicyclic) bond motifs is 1. The van der Waals surface area contributed by atoms with Crippen LogP contribution in [0.15, 0.2) is 18.2 Å². The van der Waals surface area contributed by atoms with Gasteiger partial charge in [-0.15, -0.1) is 5.10 Å². The quantitative estimate of drug-likeness (QED) is 0.879. The van der Waals surface area contributed by atoms with Gasteiger partial charge in [-0.2, -0.15) is 4.98 Å². The number of aromatic nitrogens is 3. The van der Waals surface area contributed by atoms with Crippen LogP contribution < -0.4 is 5.32 Å². The topological polar surface area (TPSA) is 51.5 Å². The zero-order chi connectivity index (χ0) is 12.5. The Kier molecular flexibility index (Phi) is 2.91. The number of nitrogens with one attached hydrogen (secondary N) is 1. The molecule has 3 heterocycles. The summed E-state index contributed by atoms with van der Waals surface area (Å²) in [5.74, 6) is 1.20. The molecule has 1 aliphatic rings. The van der Waals surface area contributed by atoms with E-state index in [1.165, 1.54) is 0 Å². The summed E-state index contributed by atoms with van der Waals surface area (Å²) in [4.78, 5) is 4.50. The monoisotopic (exact) mass is 246 g/mol. The predicted molar refractivity (Wildman–Crippen MR) is 69.7 cm³/mol. The van der Waals surface area contributed by atoms with Gasteiger partial charge >= 0.3 is 0 Å². The molecule has 2 unspecified atom stereocenters. The zero-order valence-corrected chi connectivity index (χ0v) is 10.8. The molecule has 1 fully saturated rings. The maximum atomic E-state index is 5.44. The third-order valence-corrected chi connectivity index (χ3v) is 3.50. The summed E-state index contributed by atoms with van der Waals surface area (Å²) in [6.07, 6.45) is 1.01. The molecule has 0 saturated carbocycles. The van der Waals surface area contributed by atoms with E-state index in [1.54, 1.807) is 0 Å². The number of aryl methyl sites for hydroxylation is 1. The van der Waals surface area contributed by atoms with Crippen molar-refractivity contribution in [2.75, 3.05) is 18.5 Å². The molecule has 96 valence electrons. The molecular weight excluding hydrogens is 228 g/mol. The molecule has 0 amide bonds. The molecule has 1 N–H and O–H groups in total. The van der Waals surface area contributed by atoms with Gasteiger partial charge in [-0.3, -0.25) is 0 Å². The second-order valence-electron chi connectivity index (χ2n) is 4.96. The Morgan fingerprint density at radius 1 is 1.44 bits per heavy atom. The van der Waals surface area contributed by atoms with Crippen LogP contribution >= 0.6 is 0 Å². The highest BCUT2D eigenvalue weighted by Crippen LogP contribution is 2.18. The highest BCUT2D eigenvalue weighted by atomic mass is 16.5. The van der Waals surface area contributed by atoms with Gasteiger partial charge in [0.25, 0.3) is 0 Å². The van der Waals surface area contributed by atoms with Crippen molar-refractivity contribution in [1.29, 1.82) is 0 Å². The minimum Gasteiger partial charge on any atom is -0.381 e. The van der Waals surface area contributed by atoms with Crippen molar-refractivity contribution in [3.05, 3.63) is 23.9 Å². The summed E-state index contributed by atoms with van der Waals surface area (Å²) >= 11 is 0. The number of nitrogens with zero attached hydrogens (tertiary/aromatic N) is 3. The van der Waals surface area contributed by atoms with Crippen molar-refractivity contribution in [1.82, 2.24) is 14.6 Å². The van der Waals surface area contributed by atoms with Gasteiger partial charge < -0.3 is 10.1 Å². The first-order valence-electron chi connectivity index (χ1n) is 6.41. The fourth-order valence-electron chi connectivity index (χ4n) is 2.36. The maximum Gasteiger partial charge on any atom is 0.243 e. The molecule has 0 spiro atoms. The summed E-state index contributed by atoms with van der Waals surface area (Å²) < 4.78 is 7.31. The summed E-state index contributed by atoms with van der Waals surface area (Å²) in [5.41, 5.74) is 1.98. The minimum absolute atomic E-state index is 0.400. The summed E-state index contributed by atoms with van der Waals surface area (Å²) in [6.45, 7) is 5.85. The first-order chi connectivity index (χ1) is 8.74. The van der Waals surface area contributed by atoms with Crippen LogP contribution in [0, 0.1) is 12.8 Å². The first kappa shape index (κ1) is 11.5. The van der Waals surface area contributed by atoms with Crippen molar-refractivity contribution in [3.63, 3.8) is 0 Å². The molecule has 0 aliphatic carbocycles. The SMILES string of the molecule is Cc1cccc2nc(NC3CCOCC3C)nn12. The molecule has 2 aromatic heterocycles. The Labute approximate surface area is 106 Å². The van der Waals surface area contributed by atoms with Gasteiger partial charge in [0.15, 0.2) is 5.65 Å². The maximum absolute atomic E-state index is 5.44. The highest BCUT2D eigenvalue weighted by molar-refractivity contribution is 5.44. The molecule has 0 bridgehead atoms. The third-order valence-electron chi connectivity index (χ3n) is 3.50. The number of rotatable bonds is 2. The standard InChI is InChI=1S/C13H18N4O/c1-9-8-18-7-6-11(9)14-13-15-12-5-3-4-10(2)17(12)16-13/h3-5,9,11H,6-8H2,1-2H3,(H,14,16). The van der Waals surface area contributed by atoms with E-state index in [2.05, 4.69) is 22.3 Å². The van der Waals surface area contributed by atoms with Crippen LogP contribution in [0.1, 0.15) is 19.0 Å². The second kappa shape index (κ2) is 4.57. The van der Waals surface area contributed by atoms with Gasteiger partial charge in [-0.05, 0) is 31.4 Å². The number of anilines is 1. The van der Waals surface area contributed by atoms with Crippen LogP contribution in [0.25, 0.3) is 5.65 Å². The van der Waals surface area contributed by atoms with E-state index in [0.717, 1.165) is 31.0 Å². The Morgan fingerprint density at radius 2 is 2.33 bits per heavy atom. The highest BCUT2D eigenvalue weighted by Gasteiger charge is 2.22. The Morgan fingerprint density at radius 3 is 3.11 bits per heavy atom. The Balaban J connectivity index is 1.84. The average molecular weight is 246 g/mol. The van der Waals surface area contributed by atoms with Crippen molar-refractivity contribution in [2.24, 2.45) is 5.92 Å². The minimum atomic E-state index is 0.400. The normalized spacial score (nSPS) is 24.3. The van der Waals surface area contributed by atoms with Crippen molar-refractivity contribution in [2.45, 2.75) is 26.3 Å². The summed E-state index contributed by atoms with van der Waals surface area (Å²) in [5, 5.41) is 7.92. The van der Waals surface area contributed by atoms with E-state index >= 15 is 0 Å². The fourth-order valence-corrected chi connectivity index (χ4v) is 2.36. The lowest BCUT2D eigenvalue weighted by atomic mass is 9.98. The van der Waals surface area contributed by atoms with Gasteiger partial charge in [-0.1, -0.05) is 13.0 Å². The van der Waals surface area contributed by atoms with Crippen molar-refractivity contribution >= 4 is 11.6 Å². The lowest BCUT2D eigenvalue weighted by Gasteiger charge is -2.28. The number of ether oxygens (including phenoxy) is 1. The van der Waals surface area contributed by atoms with Gasteiger partial charge in [-0.25, -0.2) is 4.52 Å². The van der Waals surface area contributed by atoms with E-state index in [1.807, 2.05) is 29.6 Å². The van der Waals surface area contributed by atoms with Crippen LogP contribution in [0.3, 0.4) is 0 Å². The van der Waals surface area contributed by atoms with Crippen LogP contribution in [-0.4, -0.2) is 33.9 Å². The molecule has 18 heavy (non-hydrogen) atoms. The number of pyridine rings is 1. The summed E-state index contributed by atoms with van der Waals surface area (Å²) in [7, 11) is 0. The molecule has 0 aromatic carbocycles. The molecule has 2 atom stereocenters. The van der Waals surface area contributed by atoms with Crippen LogP contribution in [0.4, 0.5) is 5.95 Å². The first-order valence-corrected chi connectivity index (χ1v) is 6.41. The number of hydrogen-bond acceptors (Lipinski definition) is 4. The number of hydrogen-bond donors (Lipinski definition) is 1. The largest absolute Gasteiger partial charge is 0.381 e. The lowest BCUT2D eigenvalue weighted by molar-refractivity contribution is 0.0536. The fraction of sp³-hybridized carbons (Fsp3) is 0.538. The smallest absolute Gasteiger partial charge is 0.243 e. The van der Waals surface area contributed by atoms with E-state index in [4.69, 9.17) is 4.74 Å². The van der Waals surface area contributed by atoms with Gasteiger partial charge in [0, 0.05) is 18.3 Å². The van der Waals surface area contributed by atoms with E-state index < -0.39 is 0 Å². The van der Waals surface area contributed by atoms with E-state index in [0.29, 0.717) is 17.9 Å². The average Bonchev–Trinajstić information content (AvgIpc) is 2.76. The van der Waals surface area contributed by atoms with Crippen molar-refractivity contribution < 1.29 is 4.74 Å². The molecule has 2 aromatic rings.